The van der Waals surface area contributed by atoms with Gasteiger partial charge in [0.1, 0.15) is 5.82 Å². The number of rotatable bonds is 4. The monoisotopic (exact) mass is 416 g/mol. The van der Waals surface area contributed by atoms with Crippen LogP contribution in [0.3, 0.4) is 0 Å². The fourth-order valence-electron chi connectivity index (χ4n) is 3.97. The molecule has 1 aliphatic heterocycles. The number of para-hydroxylation sites is 1. The Labute approximate surface area is 172 Å². The summed E-state index contributed by atoms with van der Waals surface area (Å²) in [7, 11) is 1.66. The second kappa shape index (κ2) is 8.10. The Bertz CT molecular complexity index is 1050. The van der Waals surface area contributed by atoms with Gasteiger partial charge in [0.2, 0.25) is 0 Å². The Morgan fingerprint density at radius 1 is 1.00 bits per heavy atom. The molecule has 0 spiro atoms. The summed E-state index contributed by atoms with van der Waals surface area (Å²) in [6.07, 6.45) is -2.64. The minimum Gasteiger partial charge on any atom is -0.299 e. The van der Waals surface area contributed by atoms with Gasteiger partial charge in [-0.3, -0.25) is 4.90 Å². The van der Waals surface area contributed by atoms with Gasteiger partial charge in [-0.15, -0.1) is 0 Å². The van der Waals surface area contributed by atoms with E-state index in [2.05, 4.69) is 10.00 Å². The van der Waals surface area contributed by atoms with Crippen molar-refractivity contribution >= 4 is 0 Å². The highest BCUT2D eigenvalue weighted by molar-refractivity contribution is 5.33. The van der Waals surface area contributed by atoms with Gasteiger partial charge in [0, 0.05) is 19.5 Å². The molecular weight excluding hydrogens is 393 g/mol. The summed E-state index contributed by atoms with van der Waals surface area (Å²) in [5, 5.41) is 4.49. The largest absolute Gasteiger partial charge is 0.416 e. The number of aromatic nitrogens is 3. The highest BCUT2D eigenvalue weighted by Crippen LogP contribution is 2.30. The van der Waals surface area contributed by atoms with Gasteiger partial charge in [-0.25, -0.2) is 14.0 Å². The van der Waals surface area contributed by atoms with Crippen molar-refractivity contribution in [2.24, 2.45) is 7.05 Å². The van der Waals surface area contributed by atoms with Gasteiger partial charge in [0.25, 0.3) is 0 Å². The Kier molecular flexibility index (Phi) is 5.51. The molecule has 1 aromatic heterocycles. The van der Waals surface area contributed by atoms with Gasteiger partial charge in [-0.1, -0.05) is 30.3 Å². The number of nitrogens with zero attached hydrogens (tertiary/aromatic N) is 4. The average Bonchev–Trinajstić information content (AvgIpc) is 3.03. The van der Waals surface area contributed by atoms with Crippen LogP contribution in [0.25, 0.3) is 5.69 Å². The van der Waals surface area contributed by atoms with Crippen molar-refractivity contribution in [1.82, 2.24) is 19.2 Å². The first-order valence-corrected chi connectivity index (χ1v) is 9.93. The lowest BCUT2D eigenvalue weighted by Crippen LogP contribution is -2.33. The van der Waals surface area contributed by atoms with Gasteiger partial charge < -0.3 is 0 Å². The van der Waals surface area contributed by atoms with Crippen molar-refractivity contribution in [3.05, 3.63) is 82.0 Å². The van der Waals surface area contributed by atoms with E-state index in [1.807, 2.05) is 30.3 Å². The zero-order chi connectivity index (χ0) is 21.3. The summed E-state index contributed by atoms with van der Waals surface area (Å²) in [5.74, 6) is 0.922. The van der Waals surface area contributed by atoms with Gasteiger partial charge in [-0.2, -0.15) is 18.3 Å². The van der Waals surface area contributed by atoms with Crippen LogP contribution in [0.15, 0.2) is 59.4 Å². The molecule has 5 nitrogen and oxygen atoms in total. The maximum atomic E-state index is 12.7. The number of likely N-dealkylation sites (tertiary alicyclic amines) is 1. The standard InChI is InChI=1S/C22H23F3N4O/c1-27-21(30)29(19-5-3-2-4-6-19)20(26-27)17-11-13-28(14-12-17)15-16-7-9-18(10-8-16)22(23,24)25/h2-10,17H,11-15H2,1H3. The summed E-state index contributed by atoms with van der Waals surface area (Å²) >= 11 is 0. The van der Waals surface area contributed by atoms with Crippen LogP contribution in [0.4, 0.5) is 13.2 Å². The molecule has 1 aliphatic rings. The number of hydrogen-bond acceptors (Lipinski definition) is 3. The minimum absolute atomic E-state index is 0.156. The summed E-state index contributed by atoms with van der Waals surface area (Å²) in [6.45, 7) is 2.20. The zero-order valence-electron chi connectivity index (χ0n) is 16.6. The Balaban J connectivity index is 1.44. The van der Waals surface area contributed by atoms with Crippen LogP contribution in [0.5, 0.6) is 0 Å². The summed E-state index contributed by atoms with van der Waals surface area (Å²) in [4.78, 5) is 14.8. The fourth-order valence-corrected chi connectivity index (χ4v) is 3.97. The molecule has 0 unspecified atom stereocenters. The summed E-state index contributed by atoms with van der Waals surface area (Å²) < 4.78 is 41.2. The lowest BCUT2D eigenvalue weighted by Gasteiger charge is -2.31. The van der Waals surface area contributed by atoms with Crippen LogP contribution in [0.2, 0.25) is 0 Å². The van der Waals surface area contributed by atoms with Gasteiger partial charge in [0.05, 0.1) is 11.3 Å². The van der Waals surface area contributed by atoms with Crippen molar-refractivity contribution in [3.8, 4) is 5.69 Å². The molecule has 4 rings (SSSR count). The molecule has 0 bridgehead atoms. The first-order chi connectivity index (χ1) is 14.3. The first kappa shape index (κ1) is 20.4. The lowest BCUT2D eigenvalue weighted by atomic mass is 9.95. The van der Waals surface area contributed by atoms with Crippen molar-refractivity contribution in [2.75, 3.05) is 13.1 Å². The topological polar surface area (TPSA) is 43.1 Å². The van der Waals surface area contributed by atoms with E-state index in [4.69, 9.17) is 0 Å². The molecule has 2 heterocycles. The normalized spacial score (nSPS) is 16.1. The maximum Gasteiger partial charge on any atom is 0.416 e. The predicted octanol–water partition coefficient (Wildman–Crippen LogP) is 3.97. The van der Waals surface area contributed by atoms with E-state index >= 15 is 0 Å². The van der Waals surface area contributed by atoms with Crippen LogP contribution in [0.1, 0.15) is 35.7 Å². The number of benzene rings is 2. The van der Waals surface area contributed by atoms with Crippen LogP contribution in [-0.4, -0.2) is 32.3 Å². The number of alkyl halides is 3. The van der Waals surface area contributed by atoms with E-state index in [0.717, 1.165) is 55.1 Å². The predicted molar refractivity (Wildman–Crippen MR) is 108 cm³/mol. The average molecular weight is 416 g/mol. The second-order valence-electron chi connectivity index (χ2n) is 7.68. The molecule has 30 heavy (non-hydrogen) atoms. The molecule has 1 fully saturated rings. The van der Waals surface area contributed by atoms with Crippen LogP contribution < -0.4 is 5.69 Å². The smallest absolute Gasteiger partial charge is 0.299 e. The van der Waals surface area contributed by atoms with Crippen LogP contribution in [-0.2, 0) is 19.8 Å². The van der Waals surface area contributed by atoms with Gasteiger partial charge >= 0.3 is 11.9 Å². The van der Waals surface area contributed by atoms with Gasteiger partial charge in [0.15, 0.2) is 0 Å². The van der Waals surface area contributed by atoms with E-state index in [9.17, 15) is 18.0 Å². The molecule has 8 heteroatoms. The molecular formula is C22H23F3N4O. The van der Waals surface area contributed by atoms with Gasteiger partial charge in [-0.05, 0) is 55.8 Å². The Morgan fingerprint density at radius 2 is 1.63 bits per heavy atom. The maximum absolute atomic E-state index is 12.7. The van der Waals surface area contributed by atoms with E-state index in [1.165, 1.54) is 4.68 Å². The van der Waals surface area contributed by atoms with E-state index in [0.29, 0.717) is 6.54 Å². The van der Waals surface area contributed by atoms with Crippen molar-refractivity contribution < 1.29 is 13.2 Å². The number of halogens is 3. The molecule has 2 aromatic carbocycles. The van der Waals surface area contributed by atoms with Crippen LogP contribution in [0, 0.1) is 0 Å². The number of hydrogen-bond donors (Lipinski definition) is 0. The van der Waals surface area contributed by atoms with E-state index < -0.39 is 11.7 Å². The van der Waals surface area contributed by atoms with Crippen molar-refractivity contribution in [2.45, 2.75) is 31.5 Å². The Morgan fingerprint density at radius 3 is 2.23 bits per heavy atom. The summed E-state index contributed by atoms with van der Waals surface area (Å²) in [5.41, 5.74) is 0.876. The first-order valence-electron chi connectivity index (χ1n) is 9.93. The SMILES string of the molecule is Cn1nc(C2CCN(Cc3ccc(C(F)(F)F)cc3)CC2)n(-c2ccccc2)c1=O. The molecule has 0 amide bonds. The minimum atomic E-state index is -4.31. The number of aryl methyl sites for hydroxylation is 1. The molecule has 1 saturated heterocycles. The molecule has 3 aromatic rings. The molecule has 0 radical (unpaired) electrons. The summed E-state index contributed by atoms with van der Waals surface area (Å²) in [6, 6.07) is 14.8. The zero-order valence-corrected chi connectivity index (χ0v) is 16.6. The third-order valence-electron chi connectivity index (χ3n) is 5.60. The highest BCUT2D eigenvalue weighted by Gasteiger charge is 2.30. The Hall–Kier alpha value is -2.87. The van der Waals surface area contributed by atoms with Crippen molar-refractivity contribution in [3.63, 3.8) is 0 Å². The van der Waals surface area contributed by atoms with Crippen LogP contribution >= 0.6 is 0 Å². The third kappa shape index (κ3) is 4.18. The second-order valence-corrected chi connectivity index (χ2v) is 7.68. The van der Waals surface area contributed by atoms with E-state index in [-0.39, 0.29) is 11.6 Å². The fraction of sp³-hybridized carbons (Fsp3) is 0.364. The number of piperidine rings is 1. The van der Waals surface area contributed by atoms with E-state index in [1.54, 1.807) is 23.7 Å². The third-order valence-corrected chi connectivity index (χ3v) is 5.60. The molecule has 0 N–H and O–H groups in total. The lowest BCUT2D eigenvalue weighted by molar-refractivity contribution is -0.137. The molecule has 158 valence electrons. The molecule has 0 atom stereocenters. The highest BCUT2D eigenvalue weighted by atomic mass is 19.4. The quantitative estimate of drug-likeness (QED) is 0.647. The van der Waals surface area contributed by atoms with Crippen molar-refractivity contribution in [1.29, 1.82) is 0 Å². The molecule has 0 aliphatic carbocycles. The molecule has 0 saturated carbocycles.